The number of aryl methyl sites for hydroxylation is 2. The lowest BCUT2D eigenvalue weighted by atomic mass is 10.0. The highest BCUT2D eigenvalue weighted by atomic mass is 16.5. The van der Waals surface area contributed by atoms with Crippen LogP contribution in [0.3, 0.4) is 0 Å². The Morgan fingerprint density at radius 2 is 1.80 bits per heavy atom. The van der Waals surface area contributed by atoms with Gasteiger partial charge in [-0.2, -0.15) is 0 Å². The molecule has 106 valence electrons. The van der Waals surface area contributed by atoms with Crippen molar-refractivity contribution in [2.45, 2.75) is 19.3 Å². The van der Waals surface area contributed by atoms with Crippen LogP contribution in [0.15, 0.2) is 42.5 Å². The van der Waals surface area contributed by atoms with Gasteiger partial charge in [0.25, 0.3) is 0 Å². The van der Waals surface area contributed by atoms with Gasteiger partial charge in [-0.15, -0.1) is 0 Å². The first-order chi connectivity index (χ1) is 9.72. The highest BCUT2D eigenvalue weighted by Gasteiger charge is 2.05. The summed E-state index contributed by atoms with van der Waals surface area (Å²) in [5, 5.41) is 9.44. The van der Waals surface area contributed by atoms with Crippen molar-refractivity contribution in [2.24, 2.45) is 0 Å². The minimum atomic E-state index is 0.324. The molecule has 0 spiro atoms. The lowest BCUT2D eigenvalue weighted by Crippen LogP contribution is -1.95. The molecule has 0 unspecified atom stereocenters. The summed E-state index contributed by atoms with van der Waals surface area (Å²) in [6.45, 7) is 0. The van der Waals surface area contributed by atoms with Gasteiger partial charge >= 0.3 is 0 Å². The Balaban J connectivity index is 1.97. The van der Waals surface area contributed by atoms with Crippen LogP contribution in [0.2, 0.25) is 0 Å². The summed E-state index contributed by atoms with van der Waals surface area (Å²) in [5.74, 6) is 1.99. The molecule has 0 bridgehead atoms. The van der Waals surface area contributed by atoms with E-state index in [0.29, 0.717) is 5.75 Å². The number of benzene rings is 2. The lowest BCUT2D eigenvalue weighted by molar-refractivity contribution is 0.390. The van der Waals surface area contributed by atoms with E-state index < -0.39 is 0 Å². The predicted octanol–water partition coefficient (Wildman–Crippen LogP) is 3.58. The Bertz CT molecular complexity index is 564. The topological polar surface area (TPSA) is 38.7 Å². The molecule has 20 heavy (non-hydrogen) atoms. The van der Waals surface area contributed by atoms with Crippen molar-refractivity contribution < 1.29 is 14.6 Å². The second-order valence-electron chi connectivity index (χ2n) is 4.70. The molecule has 2 rings (SSSR count). The first-order valence-corrected chi connectivity index (χ1v) is 6.71. The van der Waals surface area contributed by atoms with Crippen LogP contribution < -0.4 is 9.47 Å². The molecule has 3 heteroatoms. The molecule has 2 aromatic rings. The first-order valence-electron chi connectivity index (χ1n) is 6.71. The third kappa shape index (κ3) is 3.67. The average Bonchev–Trinajstić information content (AvgIpc) is 2.47. The molecular formula is C17H20O3. The van der Waals surface area contributed by atoms with Gasteiger partial charge in [-0.1, -0.05) is 18.2 Å². The fourth-order valence-corrected chi connectivity index (χ4v) is 2.25. The van der Waals surface area contributed by atoms with E-state index in [2.05, 4.69) is 0 Å². The van der Waals surface area contributed by atoms with Crippen LogP contribution in [-0.4, -0.2) is 19.3 Å². The van der Waals surface area contributed by atoms with Crippen molar-refractivity contribution in [3.8, 4) is 17.2 Å². The van der Waals surface area contributed by atoms with Gasteiger partial charge in [0.1, 0.15) is 17.2 Å². The quantitative estimate of drug-likeness (QED) is 0.873. The summed E-state index contributed by atoms with van der Waals surface area (Å²) in [6, 6.07) is 13.3. The molecule has 0 aliphatic heterocycles. The van der Waals surface area contributed by atoms with Crippen LogP contribution >= 0.6 is 0 Å². The Hall–Kier alpha value is -2.16. The molecule has 0 fully saturated rings. The van der Waals surface area contributed by atoms with Crippen molar-refractivity contribution in [1.82, 2.24) is 0 Å². The molecule has 0 saturated heterocycles. The van der Waals surface area contributed by atoms with E-state index in [1.165, 1.54) is 5.56 Å². The van der Waals surface area contributed by atoms with Crippen LogP contribution in [0.4, 0.5) is 0 Å². The number of aromatic hydroxyl groups is 1. The SMILES string of the molecule is COc1ccc(CCCc2cccc(O)c2)c(OC)c1. The van der Waals surface area contributed by atoms with Crippen LogP contribution in [0, 0.1) is 0 Å². The summed E-state index contributed by atoms with van der Waals surface area (Å²) in [4.78, 5) is 0. The summed E-state index contributed by atoms with van der Waals surface area (Å²) >= 11 is 0. The van der Waals surface area contributed by atoms with Crippen LogP contribution in [-0.2, 0) is 12.8 Å². The molecule has 1 N–H and O–H groups in total. The minimum Gasteiger partial charge on any atom is -0.508 e. The van der Waals surface area contributed by atoms with Crippen molar-refractivity contribution in [2.75, 3.05) is 14.2 Å². The van der Waals surface area contributed by atoms with Crippen LogP contribution in [0.5, 0.6) is 17.2 Å². The molecular weight excluding hydrogens is 252 g/mol. The van der Waals surface area contributed by atoms with E-state index in [4.69, 9.17) is 9.47 Å². The molecule has 0 aliphatic carbocycles. The van der Waals surface area contributed by atoms with Gasteiger partial charge in [0.2, 0.25) is 0 Å². The number of phenolic OH excluding ortho intramolecular Hbond substituents is 1. The van der Waals surface area contributed by atoms with Gasteiger partial charge in [-0.25, -0.2) is 0 Å². The highest BCUT2D eigenvalue weighted by molar-refractivity contribution is 5.40. The van der Waals surface area contributed by atoms with Crippen LogP contribution in [0.1, 0.15) is 17.5 Å². The first kappa shape index (κ1) is 14.3. The molecule has 0 radical (unpaired) electrons. The molecule has 0 heterocycles. The Kier molecular flexibility index (Phi) is 4.88. The Morgan fingerprint density at radius 3 is 2.50 bits per heavy atom. The van der Waals surface area contributed by atoms with Crippen molar-refractivity contribution in [1.29, 1.82) is 0 Å². The summed E-state index contributed by atoms with van der Waals surface area (Å²) in [6.07, 6.45) is 2.87. The van der Waals surface area contributed by atoms with E-state index >= 15 is 0 Å². The average molecular weight is 272 g/mol. The molecule has 0 saturated carbocycles. The monoisotopic (exact) mass is 272 g/mol. The maximum atomic E-state index is 9.44. The summed E-state index contributed by atoms with van der Waals surface area (Å²) in [5.41, 5.74) is 2.32. The normalized spacial score (nSPS) is 10.3. The van der Waals surface area contributed by atoms with Gasteiger partial charge in [0.05, 0.1) is 14.2 Å². The number of phenols is 1. The van der Waals surface area contributed by atoms with E-state index in [1.54, 1.807) is 20.3 Å². The smallest absolute Gasteiger partial charge is 0.125 e. The van der Waals surface area contributed by atoms with Crippen molar-refractivity contribution in [3.05, 3.63) is 53.6 Å². The standard InChI is InChI=1S/C17H20O3/c1-19-16-10-9-14(17(12-16)20-2)7-3-5-13-6-4-8-15(18)11-13/h4,6,8-12,18H,3,5,7H2,1-2H3. The lowest BCUT2D eigenvalue weighted by Gasteiger charge is -2.10. The van der Waals surface area contributed by atoms with Gasteiger partial charge in [-0.05, 0) is 48.6 Å². The fourth-order valence-electron chi connectivity index (χ4n) is 2.25. The molecule has 0 atom stereocenters. The number of methoxy groups -OCH3 is 2. The molecule has 3 nitrogen and oxygen atoms in total. The molecule has 2 aromatic carbocycles. The van der Waals surface area contributed by atoms with E-state index in [9.17, 15) is 5.11 Å². The van der Waals surface area contributed by atoms with Crippen LogP contribution in [0.25, 0.3) is 0 Å². The zero-order valence-electron chi connectivity index (χ0n) is 11.9. The van der Waals surface area contributed by atoms with E-state index in [1.807, 2.05) is 36.4 Å². The van der Waals surface area contributed by atoms with Gasteiger partial charge < -0.3 is 14.6 Å². The second-order valence-corrected chi connectivity index (χ2v) is 4.70. The Labute approximate surface area is 119 Å². The maximum absolute atomic E-state index is 9.44. The molecule has 0 aromatic heterocycles. The minimum absolute atomic E-state index is 0.324. The molecule has 0 amide bonds. The van der Waals surface area contributed by atoms with Crippen molar-refractivity contribution >= 4 is 0 Å². The number of hydrogen-bond donors (Lipinski definition) is 1. The summed E-state index contributed by atoms with van der Waals surface area (Å²) < 4.78 is 10.6. The van der Waals surface area contributed by atoms with Crippen molar-refractivity contribution in [3.63, 3.8) is 0 Å². The Morgan fingerprint density at radius 1 is 0.950 bits per heavy atom. The molecule has 0 aliphatic rings. The largest absolute Gasteiger partial charge is 0.508 e. The third-order valence-corrected chi connectivity index (χ3v) is 3.32. The van der Waals surface area contributed by atoms with Gasteiger partial charge in [0.15, 0.2) is 0 Å². The maximum Gasteiger partial charge on any atom is 0.125 e. The zero-order valence-corrected chi connectivity index (χ0v) is 11.9. The summed E-state index contributed by atoms with van der Waals surface area (Å²) in [7, 11) is 3.32. The van der Waals surface area contributed by atoms with E-state index in [0.717, 1.165) is 36.3 Å². The second kappa shape index (κ2) is 6.85. The fraction of sp³-hybridized carbons (Fsp3) is 0.294. The predicted molar refractivity (Wildman–Crippen MR) is 79.7 cm³/mol. The number of rotatable bonds is 6. The zero-order chi connectivity index (χ0) is 14.4. The highest BCUT2D eigenvalue weighted by Crippen LogP contribution is 2.26. The number of hydrogen-bond acceptors (Lipinski definition) is 3. The third-order valence-electron chi connectivity index (χ3n) is 3.32. The van der Waals surface area contributed by atoms with Gasteiger partial charge in [-0.3, -0.25) is 0 Å². The van der Waals surface area contributed by atoms with Gasteiger partial charge in [0, 0.05) is 6.07 Å². The van der Waals surface area contributed by atoms with E-state index in [-0.39, 0.29) is 0 Å². The number of ether oxygens (including phenoxy) is 2.